The highest BCUT2D eigenvalue weighted by atomic mass is 15.1. The summed E-state index contributed by atoms with van der Waals surface area (Å²) in [6.07, 6.45) is 0. The van der Waals surface area contributed by atoms with Crippen LogP contribution in [-0.2, 0) is 0 Å². The molecule has 1 atom stereocenters. The van der Waals surface area contributed by atoms with Gasteiger partial charge in [-0.15, -0.1) is 0 Å². The van der Waals surface area contributed by atoms with Crippen molar-refractivity contribution >= 4 is 0 Å². The molecule has 0 radical (unpaired) electrons. The number of rotatable bonds is 4. The largest absolute Gasteiger partial charge is 0.401 e. The number of nitrogens with zero attached hydrogens (tertiary/aromatic N) is 1. The third kappa shape index (κ3) is 2.85. The van der Waals surface area contributed by atoms with Crippen molar-refractivity contribution in [3.05, 3.63) is 12.3 Å². The van der Waals surface area contributed by atoms with E-state index in [1.807, 2.05) is 26.0 Å². The average molecular weight is 143 g/mol. The summed E-state index contributed by atoms with van der Waals surface area (Å²) in [5.74, 6) is 0. The van der Waals surface area contributed by atoms with Gasteiger partial charge in [0.25, 0.3) is 0 Å². The van der Waals surface area contributed by atoms with Crippen molar-refractivity contribution in [1.29, 1.82) is 0 Å². The molecular weight excluding hydrogens is 126 g/mol. The molecule has 0 rings (SSSR count). The zero-order chi connectivity index (χ0) is 8.15. The van der Waals surface area contributed by atoms with E-state index in [0.29, 0.717) is 5.70 Å². The fourth-order valence-electron chi connectivity index (χ4n) is 0.839. The summed E-state index contributed by atoms with van der Waals surface area (Å²) < 4.78 is 0. The molecule has 60 valence electrons. The normalized spacial score (nSPS) is 13.6. The first-order chi connectivity index (χ1) is 4.59. The standard InChI is InChI=1S/C7H17N3/c1-6(8)7(5-9-2)10(3)4/h7,9H,1,5,8H2,2-4H3. The Hall–Kier alpha value is -0.540. The van der Waals surface area contributed by atoms with Crippen molar-refractivity contribution < 1.29 is 0 Å². The molecule has 3 N–H and O–H groups in total. The number of hydrogen-bond acceptors (Lipinski definition) is 3. The van der Waals surface area contributed by atoms with E-state index >= 15 is 0 Å². The van der Waals surface area contributed by atoms with Crippen molar-refractivity contribution in [3.63, 3.8) is 0 Å². The summed E-state index contributed by atoms with van der Waals surface area (Å²) in [6, 6.07) is 0.241. The van der Waals surface area contributed by atoms with Crippen LogP contribution in [0.1, 0.15) is 0 Å². The smallest absolute Gasteiger partial charge is 0.0607 e. The lowest BCUT2D eigenvalue weighted by Crippen LogP contribution is -2.40. The minimum absolute atomic E-state index is 0.241. The topological polar surface area (TPSA) is 41.3 Å². The lowest BCUT2D eigenvalue weighted by atomic mass is 10.2. The third-order valence-electron chi connectivity index (χ3n) is 1.45. The maximum Gasteiger partial charge on any atom is 0.0607 e. The Morgan fingerprint density at radius 1 is 1.70 bits per heavy atom. The summed E-state index contributed by atoms with van der Waals surface area (Å²) in [5, 5.41) is 3.05. The quantitative estimate of drug-likeness (QED) is 0.563. The van der Waals surface area contributed by atoms with Gasteiger partial charge in [0.2, 0.25) is 0 Å². The monoisotopic (exact) mass is 143 g/mol. The van der Waals surface area contributed by atoms with Gasteiger partial charge in [-0.05, 0) is 21.1 Å². The molecule has 0 heterocycles. The zero-order valence-electron chi connectivity index (χ0n) is 7.02. The van der Waals surface area contributed by atoms with Crippen LogP contribution in [0.15, 0.2) is 12.3 Å². The van der Waals surface area contributed by atoms with Gasteiger partial charge in [0.15, 0.2) is 0 Å². The molecule has 0 aliphatic rings. The lowest BCUT2D eigenvalue weighted by Gasteiger charge is -2.23. The first-order valence-electron chi connectivity index (χ1n) is 3.35. The second kappa shape index (κ2) is 4.30. The Balaban J connectivity index is 3.85. The second-order valence-electron chi connectivity index (χ2n) is 2.61. The summed E-state index contributed by atoms with van der Waals surface area (Å²) >= 11 is 0. The highest BCUT2D eigenvalue weighted by Crippen LogP contribution is 1.96. The second-order valence-corrected chi connectivity index (χ2v) is 2.61. The van der Waals surface area contributed by atoms with Gasteiger partial charge in [-0.3, -0.25) is 4.90 Å². The molecule has 1 unspecified atom stereocenters. The molecule has 0 aromatic rings. The fraction of sp³-hybridized carbons (Fsp3) is 0.714. The van der Waals surface area contributed by atoms with Crippen LogP contribution in [0.2, 0.25) is 0 Å². The molecular formula is C7H17N3. The Morgan fingerprint density at radius 3 is 2.30 bits per heavy atom. The van der Waals surface area contributed by atoms with E-state index in [1.54, 1.807) is 0 Å². The van der Waals surface area contributed by atoms with Gasteiger partial charge < -0.3 is 11.1 Å². The van der Waals surface area contributed by atoms with Crippen molar-refractivity contribution in [3.8, 4) is 0 Å². The van der Waals surface area contributed by atoms with E-state index in [4.69, 9.17) is 5.73 Å². The van der Waals surface area contributed by atoms with Gasteiger partial charge in [-0.2, -0.15) is 0 Å². The Labute approximate surface area is 62.9 Å². The lowest BCUT2D eigenvalue weighted by molar-refractivity contribution is 0.322. The molecule has 0 aliphatic carbocycles. The molecule has 0 aromatic carbocycles. The molecule has 0 fully saturated rings. The number of nitrogens with one attached hydrogen (secondary N) is 1. The van der Waals surface area contributed by atoms with Crippen LogP contribution in [0.5, 0.6) is 0 Å². The van der Waals surface area contributed by atoms with E-state index in [9.17, 15) is 0 Å². The molecule has 0 aliphatic heterocycles. The van der Waals surface area contributed by atoms with Gasteiger partial charge >= 0.3 is 0 Å². The van der Waals surface area contributed by atoms with Gasteiger partial charge in [0.1, 0.15) is 0 Å². The number of nitrogens with two attached hydrogens (primary N) is 1. The first-order valence-corrected chi connectivity index (χ1v) is 3.35. The SMILES string of the molecule is C=C(N)C(CNC)N(C)C. The molecule has 0 spiro atoms. The van der Waals surface area contributed by atoms with Gasteiger partial charge in [0, 0.05) is 12.2 Å². The van der Waals surface area contributed by atoms with E-state index < -0.39 is 0 Å². The maximum absolute atomic E-state index is 5.55. The fourth-order valence-corrected chi connectivity index (χ4v) is 0.839. The van der Waals surface area contributed by atoms with Gasteiger partial charge in [-0.25, -0.2) is 0 Å². The molecule has 0 saturated carbocycles. The third-order valence-corrected chi connectivity index (χ3v) is 1.45. The highest BCUT2D eigenvalue weighted by molar-refractivity contribution is 5.00. The van der Waals surface area contributed by atoms with Crippen LogP contribution in [0.4, 0.5) is 0 Å². The van der Waals surface area contributed by atoms with Crippen LogP contribution >= 0.6 is 0 Å². The summed E-state index contributed by atoms with van der Waals surface area (Å²) in [5.41, 5.74) is 6.26. The van der Waals surface area contributed by atoms with Crippen molar-refractivity contribution in [2.75, 3.05) is 27.7 Å². The van der Waals surface area contributed by atoms with Gasteiger partial charge in [0.05, 0.1) is 6.04 Å². The van der Waals surface area contributed by atoms with E-state index in [1.165, 1.54) is 0 Å². The zero-order valence-corrected chi connectivity index (χ0v) is 7.02. The van der Waals surface area contributed by atoms with Crippen molar-refractivity contribution in [1.82, 2.24) is 10.2 Å². The summed E-state index contributed by atoms with van der Waals surface area (Å²) in [4.78, 5) is 2.04. The Kier molecular flexibility index (Phi) is 4.07. The van der Waals surface area contributed by atoms with E-state index in [2.05, 4.69) is 11.9 Å². The highest BCUT2D eigenvalue weighted by Gasteiger charge is 2.10. The summed E-state index contributed by atoms with van der Waals surface area (Å²) in [7, 11) is 5.87. The first kappa shape index (κ1) is 9.46. The molecule has 0 aromatic heterocycles. The van der Waals surface area contributed by atoms with Crippen LogP contribution in [0.3, 0.4) is 0 Å². The Morgan fingerprint density at radius 2 is 2.20 bits per heavy atom. The molecule has 3 heteroatoms. The minimum Gasteiger partial charge on any atom is -0.401 e. The molecule has 0 saturated heterocycles. The minimum atomic E-state index is 0.241. The Bertz CT molecular complexity index is 109. The van der Waals surface area contributed by atoms with Gasteiger partial charge in [-0.1, -0.05) is 6.58 Å². The maximum atomic E-state index is 5.55. The van der Waals surface area contributed by atoms with Crippen LogP contribution < -0.4 is 11.1 Å². The predicted molar refractivity (Wildman–Crippen MR) is 44.7 cm³/mol. The number of hydrogen-bond donors (Lipinski definition) is 2. The molecule has 0 amide bonds. The van der Waals surface area contributed by atoms with E-state index in [0.717, 1.165) is 6.54 Å². The summed E-state index contributed by atoms with van der Waals surface area (Å²) in [6.45, 7) is 4.54. The van der Waals surface area contributed by atoms with Crippen molar-refractivity contribution in [2.45, 2.75) is 6.04 Å². The average Bonchev–Trinajstić information content (AvgIpc) is 1.81. The molecule has 10 heavy (non-hydrogen) atoms. The predicted octanol–water partition coefficient (Wildman–Crippen LogP) is -0.392. The molecule has 0 bridgehead atoms. The van der Waals surface area contributed by atoms with Crippen LogP contribution in [-0.4, -0.2) is 38.6 Å². The van der Waals surface area contributed by atoms with Crippen molar-refractivity contribution in [2.24, 2.45) is 5.73 Å². The van der Waals surface area contributed by atoms with E-state index in [-0.39, 0.29) is 6.04 Å². The number of likely N-dealkylation sites (N-methyl/N-ethyl adjacent to an activating group) is 2. The van der Waals surface area contributed by atoms with Crippen LogP contribution in [0, 0.1) is 0 Å². The molecule has 3 nitrogen and oxygen atoms in total. The van der Waals surface area contributed by atoms with Crippen LogP contribution in [0.25, 0.3) is 0 Å².